The fourth-order valence-corrected chi connectivity index (χ4v) is 1.32. The second-order valence-electron chi connectivity index (χ2n) is 2.23. The number of esters is 1. The number of ether oxygens (including phenoxy) is 1. The Hall–Kier alpha value is -0.900. The maximum atomic E-state index is 10.7. The van der Waals surface area contributed by atoms with Gasteiger partial charge in [0.05, 0.1) is 12.1 Å². The first-order valence-corrected chi connectivity index (χ1v) is 3.91. The van der Waals surface area contributed by atoms with Gasteiger partial charge in [-0.05, 0) is 28.1 Å². The number of aromatic nitrogens is 1. The molecule has 11 heavy (non-hydrogen) atoms. The Balaban J connectivity index is 2.51. The first-order chi connectivity index (χ1) is 5.25. The summed E-state index contributed by atoms with van der Waals surface area (Å²) in [6.45, 7) is 0. The summed E-state index contributed by atoms with van der Waals surface area (Å²) in [5, 5.41) is 0. The highest BCUT2D eigenvalue weighted by Gasteiger charge is 2.21. The molecule has 0 saturated heterocycles. The zero-order valence-electron chi connectivity index (χ0n) is 5.50. The van der Waals surface area contributed by atoms with Gasteiger partial charge in [0.1, 0.15) is 4.60 Å². The molecule has 0 atom stereocenters. The average Bonchev–Trinajstić information content (AvgIpc) is 2.27. The molecule has 0 aromatic carbocycles. The molecule has 0 unspecified atom stereocenters. The van der Waals surface area contributed by atoms with Crippen LogP contribution in [-0.4, -0.2) is 11.0 Å². The number of carbonyl (C=O) groups excluding carboxylic acids is 1. The molecule has 0 bridgehead atoms. The van der Waals surface area contributed by atoms with Gasteiger partial charge in [-0.25, -0.2) is 4.98 Å². The maximum absolute atomic E-state index is 10.7. The number of pyridine rings is 1. The van der Waals surface area contributed by atoms with E-state index in [0.717, 1.165) is 4.60 Å². The van der Waals surface area contributed by atoms with Gasteiger partial charge in [-0.3, -0.25) is 4.79 Å². The van der Waals surface area contributed by atoms with Crippen LogP contribution in [0.25, 0.3) is 0 Å². The molecular formula is C7H4BrNO2. The summed E-state index contributed by atoms with van der Waals surface area (Å²) in [6, 6.07) is 3.48. The van der Waals surface area contributed by atoms with Crippen LogP contribution in [0.4, 0.5) is 0 Å². The summed E-state index contributed by atoms with van der Waals surface area (Å²) in [5.41, 5.74) is 0.712. The minimum absolute atomic E-state index is 0.231. The molecule has 0 radical (unpaired) electrons. The van der Waals surface area contributed by atoms with Crippen molar-refractivity contribution in [3.63, 3.8) is 0 Å². The first-order valence-electron chi connectivity index (χ1n) is 3.12. The summed E-state index contributed by atoms with van der Waals surface area (Å²) in [5.74, 6) is 0.351. The van der Waals surface area contributed by atoms with E-state index in [9.17, 15) is 4.79 Å². The smallest absolute Gasteiger partial charge is 0.317 e. The number of rotatable bonds is 0. The minimum Gasteiger partial charge on any atom is -0.424 e. The van der Waals surface area contributed by atoms with Crippen molar-refractivity contribution >= 4 is 21.9 Å². The highest BCUT2D eigenvalue weighted by molar-refractivity contribution is 9.10. The first kappa shape index (κ1) is 6.79. The molecule has 1 aromatic heterocycles. The molecular weight excluding hydrogens is 210 g/mol. The van der Waals surface area contributed by atoms with Crippen LogP contribution in [0.15, 0.2) is 16.7 Å². The lowest BCUT2D eigenvalue weighted by atomic mass is 10.3. The Kier molecular flexibility index (Phi) is 1.42. The Labute approximate surface area is 71.5 Å². The van der Waals surface area contributed by atoms with Crippen molar-refractivity contribution in [3.05, 3.63) is 22.4 Å². The molecule has 56 valence electrons. The van der Waals surface area contributed by atoms with Crippen molar-refractivity contribution in [2.24, 2.45) is 0 Å². The van der Waals surface area contributed by atoms with E-state index in [1.54, 1.807) is 12.1 Å². The van der Waals surface area contributed by atoms with Gasteiger partial charge in [0.2, 0.25) is 0 Å². The van der Waals surface area contributed by atoms with E-state index in [2.05, 4.69) is 20.9 Å². The zero-order valence-corrected chi connectivity index (χ0v) is 7.09. The van der Waals surface area contributed by atoms with Gasteiger partial charge in [0, 0.05) is 0 Å². The third kappa shape index (κ3) is 1.14. The number of nitrogens with zero attached hydrogens (tertiary/aromatic N) is 1. The van der Waals surface area contributed by atoms with E-state index >= 15 is 0 Å². The van der Waals surface area contributed by atoms with E-state index < -0.39 is 0 Å². The molecule has 3 nitrogen and oxygen atoms in total. The molecule has 0 amide bonds. The van der Waals surface area contributed by atoms with E-state index in [4.69, 9.17) is 4.74 Å². The average molecular weight is 214 g/mol. The fraction of sp³-hybridized carbons (Fsp3) is 0.143. The van der Waals surface area contributed by atoms with Crippen LogP contribution >= 0.6 is 15.9 Å². The lowest BCUT2D eigenvalue weighted by molar-refractivity contribution is -0.131. The van der Waals surface area contributed by atoms with Crippen LogP contribution in [-0.2, 0) is 11.2 Å². The second kappa shape index (κ2) is 2.30. The van der Waals surface area contributed by atoms with Crippen molar-refractivity contribution in [1.82, 2.24) is 4.98 Å². The van der Waals surface area contributed by atoms with E-state index in [1.165, 1.54) is 0 Å². The van der Waals surface area contributed by atoms with Crippen molar-refractivity contribution in [1.29, 1.82) is 0 Å². The summed E-state index contributed by atoms with van der Waals surface area (Å²) >= 11 is 3.21. The van der Waals surface area contributed by atoms with Crippen LogP contribution < -0.4 is 4.74 Å². The van der Waals surface area contributed by atoms with E-state index in [-0.39, 0.29) is 12.4 Å². The SMILES string of the molecule is O=C1Cc2nc(Br)ccc2O1. The quantitative estimate of drug-likeness (QED) is 0.482. The molecule has 0 saturated carbocycles. The molecule has 0 aliphatic carbocycles. The van der Waals surface area contributed by atoms with Gasteiger partial charge in [-0.2, -0.15) is 0 Å². The summed E-state index contributed by atoms with van der Waals surface area (Å²) in [6.07, 6.45) is 0.286. The molecule has 1 aliphatic heterocycles. The van der Waals surface area contributed by atoms with Gasteiger partial charge in [-0.15, -0.1) is 0 Å². The molecule has 0 fully saturated rings. The van der Waals surface area contributed by atoms with Gasteiger partial charge in [0.25, 0.3) is 0 Å². The second-order valence-corrected chi connectivity index (χ2v) is 3.04. The van der Waals surface area contributed by atoms with E-state index in [1.807, 2.05) is 0 Å². The predicted octanol–water partition coefficient (Wildman–Crippen LogP) is 1.31. The number of hydrogen-bond donors (Lipinski definition) is 0. The molecule has 2 rings (SSSR count). The Morgan fingerprint density at radius 3 is 3.18 bits per heavy atom. The van der Waals surface area contributed by atoms with Gasteiger partial charge < -0.3 is 4.74 Å². The molecule has 0 spiro atoms. The summed E-state index contributed by atoms with van der Waals surface area (Å²) < 4.78 is 5.57. The van der Waals surface area contributed by atoms with Crippen LogP contribution in [0, 0.1) is 0 Å². The normalized spacial score (nSPS) is 14.5. The Bertz CT molecular complexity index is 324. The lowest BCUT2D eigenvalue weighted by Gasteiger charge is -1.94. The van der Waals surface area contributed by atoms with Crippen molar-refractivity contribution in [2.45, 2.75) is 6.42 Å². The fourth-order valence-electron chi connectivity index (χ4n) is 0.977. The van der Waals surface area contributed by atoms with Gasteiger partial charge in [0.15, 0.2) is 5.75 Å². The molecule has 1 aromatic rings. The van der Waals surface area contributed by atoms with E-state index in [0.29, 0.717) is 11.4 Å². The predicted molar refractivity (Wildman–Crippen MR) is 41.3 cm³/mol. The Morgan fingerprint density at radius 2 is 2.36 bits per heavy atom. The zero-order chi connectivity index (χ0) is 7.84. The largest absolute Gasteiger partial charge is 0.424 e. The Morgan fingerprint density at radius 1 is 1.55 bits per heavy atom. The van der Waals surface area contributed by atoms with Crippen molar-refractivity contribution in [2.75, 3.05) is 0 Å². The van der Waals surface area contributed by atoms with Crippen LogP contribution in [0.1, 0.15) is 5.69 Å². The highest BCUT2D eigenvalue weighted by Crippen LogP contribution is 2.25. The topological polar surface area (TPSA) is 39.2 Å². The number of hydrogen-bond acceptors (Lipinski definition) is 3. The lowest BCUT2D eigenvalue weighted by Crippen LogP contribution is -2.00. The summed E-state index contributed by atoms with van der Waals surface area (Å²) in [4.78, 5) is 14.8. The van der Waals surface area contributed by atoms with Crippen molar-refractivity contribution < 1.29 is 9.53 Å². The monoisotopic (exact) mass is 213 g/mol. The summed E-state index contributed by atoms with van der Waals surface area (Å²) in [7, 11) is 0. The van der Waals surface area contributed by atoms with Crippen LogP contribution in [0.5, 0.6) is 5.75 Å². The van der Waals surface area contributed by atoms with Crippen LogP contribution in [0.3, 0.4) is 0 Å². The number of fused-ring (bicyclic) bond motifs is 1. The minimum atomic E-state index is -0.231. The van der Waals surface area contributed by atoms with Crippen molar-refractivity contribution in [3.8, 4) is 5.75 Å². The number of carbonyl (C=O) groups is 1. The van der Waals surface area contributed by atoms with Crippen LogP contribution in [0.2, 0.25) is 0 Å². The molecule has 1 aliphatic rings. The standard InChI is InChI=1S/C7H4BrNO2/c8-6-2-1-5-4(9-6)3-7(10)11-5/h1-2H,3H2. The molecule has 4 heteroatoms. The highest BCUT2D eigenvalue weighted by atomic mass is 79.9. The third-order valence-corrected chi connectivity index (χ3v) is 1.88. The van der Waals surface area contributed by atoms with Gasteiger partial charge in [-0.1, -0.05) is 0 Å². The maximum Gasteiger partial charge on any atom is 0.317 e. The van der Waals surface area contributed by atoms with Gasteiger partial charge >= 0.3 is 5.97 Å². The molecule has 0 N–H and O–H groups in total. The third-order valence-electron chi connectivity index (χ3n) is 1.43. The number of halogens is 1. The molecule has 2 heterocycles.